The minimum Gasteiger partial charge on any atom is -0.267 e. The zero-order chi connectivity index (χ0) is 15.0. The number of hydrogen-bond donors (Lipinski definition) is 1. The Morgan fingerprint density at radius 3 is 2.76 bits per heavy atom. The Bertz CT molecular complexity index is 561. The lowest BCUT2D eigenvalue weighted by Gasteiger charge is -2.21. The molecule has 2 bridgehead atoms. The Hall–Kier alpha value is -1.16. The van der Waals surface area contributed by atoms with E-state index < -0.39 is 0 Å². The van der Waals surface area contributed by atoms with Crippen LogP contribution < -0.4 is 5.43 Å². The maximum atomic E-state index is 12.1. The lowest BCUT2D eigenvalue weighted by atomic mass is 9.86. The van der Waals surface area contributed by atoms with Gasteiger partial charge in [-0.15, -0.1) is 11.3 Å². The predicted molar refractivity (Wildman–Crippen MR) is 87.9 cm³/mol. The molecule has 1 N–H and O–H groups in total. The van der Waals surface area contributed by atoms with Gasteiger partial charge in [0.15, 0.2) is 0 Å². The van der Waals surface area contributed by atoms with Gasteiger partial charge in [0, 0.05) is 21.9 Å². The monoisotopic (exact) mass is 304 g/mol. The standard InChI is InChI=1S/C17H24N2OS/c1-10(2)16-8-14(9-21-16)17(20)19-18-11(3)15-7-12-4-5-13(15)6-12/h8-10,12-13,15H,4-7H2,1-3H3,(H,19,20)/b18-11-/t12-,13-,15+/m1/s1. The summed E-state index contributed by atoms with van der Waals surface area (Å²) < 4.78 is 0. The molecule has 1 aromatic heterocycles. The van der Waals surface area contributed by atoms with Gasteiger partial charge in [0.2, 0.25) is 0 Å². The molecule has 114 valence electrons. The predicted octanol–water partition coefficient (Wildman–Crippen LogP) is 4.41. The number of nitrogens with one attached hydrogen (secondary N) is 1. The van der Waals surface area contributed by atoms with Crippen LogP contribution in [0.5, 0.6) is 0 Å². The molecule has 21 heavy (non-hydrogen) atoms. The van der Waals surface area contributed by atoms with Gasteiger partial charge in [0.1, 0.15) is 0 Å². The summed E-state index contributed by atoms with van der Waals surface area (Å²) in [6.07, 6.45) is 5.38. The molecule has 2 aliphatic rings. The van der Waals surface area contributed by atoms with E-state index in [2.05, 4.69) is 31.3 Å². The number of thiophene rings is 1. The van der Waals surface area contributed by atoms with E-state index in [-0.39, 0.29) is 5.91 Å². The highest BCUT2D eigenvalue weighted by molar-refractivity contribution is 7.10. The molecule has 2 aliphatic carbocycles. The van der Waals surface area contributed by atoms with Gasteiger partial charge in [-0.2, -0.15) is 5.10 Å². The van der Waals surface area contributed by atoms with Crippen molar-refractivity contribution in [3.05, 3.63) is 21.9 Å². The Kier molecular flexibility index (Phi) is 4.16. The molecule has 4 heteroatoms. The molecule has 3 atom stereocenters. The van der Waals surface area contributed by atoms with E-state index in [0.717, 1.165) is 23.1 Å². The Morgan fingerprint density at radius 2 is 2.19 bits per heavy atom. The summed E-state index contributed by atoms with van der Waals surface area (Å²) >= 11 is 1.65. The molecule has 2 fully saturated rings. The minimum atomic E-state index is -0.0827. The lowest BCUT2D eigenvalue weighted by Crippen LogP contribution is -2.24. The average molecular weight is 304 g/mol. The molecule has 0 radical (unpaired) electrons. The van der Waals surface area contributed by atoms with Crippen molar-refractivity contribution in [3.63, 3.8) is 0 Å². The van der Waals surface area contributed by atoms with Gasteiger partial charge in [-0.25, -0.2) is 5.43 Å². The second-order valence-electron chi connectivity index (χ2n) is 6.87. The molecule has 0 saturated heterocycles. The van der Waals surface area contributed by atoms with Gasteiger partial charge >= 0.3 is 0 Å². The second-order valence-corrected chi connectivity index (χ2v) is 7.81. The van der Waals surface area contributed by atoms with Gasteiger partial charge in [0.05, 0.1) is 5.56 Å². The zero-order valence-corrected chi connectivity index (χ0v) is 13.9. The van der Waals surface area contributed by atoms with Gasteiger partial charge in [-0.05, 0) is 50.0 Å². The van der Waals surface area contributed by atoms with Crippen molar-refractivity contribution in [2.45, 2.75) is 52.4 Å². The van der Waals surface area contributed by atoms with E-state index in [0.29, 0.717) is 11.8 Å². The van der Waals surface area contributed by atoms with Crippen molar-refractivity contribution in [1.29, 1.82) is 0 Å². The fraction of sp³-hybridized carbons (Fsp3) is 0.647. The number of hydrogen-bond acceptors (Lipinski definition) is 3. The highest BCUT2D eigenvalue weighted by Crippen LogP contribution is 2.48. The maximum absolute atomic E-state index is 12.1. The van der Waals surface area contributed by atoms with Gasteiger partial charge in [0.25, 0.3) is 5.91 Å². The summed E-state index contributed by atoms with van der Waals surface area (Å²) in [5.74, 6) is 2.70. The van der Waals surface area contributed by atoms with E-state index in [1.54, 1.807) is 11.3 Å². The third-order valence-corrected chi connectivity index (χ3v) is 6.29. The molecular weight excluding hydrogens is 280 g/mol. The van der Waals surface area contributed by atoms with Crippen LogP contribution in [0.3, 0.4) is 0 Å². The number of nitrogens with zero attached hydrogens (tertiary/aromatic N) is 1. The molecule has 0 aliphatic heterocycles. The molecule has 0 spiro atoms. The third kappa shape index (κ3) is 3.05. The second kappa shape index (κ2) is 5.91. The fourth-order valence-electron chi connectivity index (χ4n) is 3.82. The van der Waals surface area contributed by atoms with Crippen LogP contribution >= 0.6 is 11.3 Å². The smallest absolute Gasteiger partial charge is 0.267 e. The third-order valence-electron chi connectivity index (χ3n) is 5.06. The SMILES string of the molecule is C/C(=N/NC(=O)c1csc(C(C)C)c1)[C@@H]1C[C@@H]2CC[C@@H]1C2. The van der Waals surface area contributed by atoms with E-state index in [1.165, 1.54) is 30.6 Å². The van der Waals surface area contributed by atoms with Crippen molar-refractivity contribution in [1.82, 2.24) is 5.43 Å². The summed E-state index contributed by atoms with van der Waals surface area (Å²) in [7, 11) is 0. The summed E-state index contributed by atoms with van der Waals surface area (Å²) in [5.41, 5.74) is 4.58. The van der Waals surface area contributed by atoms with Gasteiger partial charge < -0.3 is 0 Å². The van der Waals surface area contributed by atoms with Crippen molar-refractivity contribution in [2.75, 3.05) is 0 Å². The summed E-state index contributed by atoms with van der Waals surface area (Å²) in [6, 6.07) is 1.98. The van der Waals surface area contributed by atoms with E-state index in [4.69, 9.17) is 0 Å². The van der Waals surface area contributed by atoms with Crippen molar-refractivity contribution < 1.29 is 4.79 Å². The van der Waals surface area contributed by atoms with Crippen molar-refractivity contribution >= 4 is 23.0 Å². The topological polar surface area (TPSA) is 41.5 Å². The Labute approximate surface area is 130 Å². The fourth-order valence-corrected chi connectivity index (χ4v) is 4.72. The van der Waals surface area contributed by atoms with Crippen LogP contribution in [-0.4, -0.2) is 11.6 Å². The van der Waals surface area contributed by atoms with Crippen LogP contribution in [0.15, 0.2) is 16.5 Å². The first-order chi connectivity index (χ1) is 10.0. The van der Waals surface area contributed by atoms with E-state index in [1.807, 2.05) is 11.4 Å². The number of rotatable bonds is 4. The van der Waals surface area contributed by atoms with Crippen LogP contribution in [0.25, 0.3) is 0 Å². The van der Waals surface area contributed by atoms with E-state index >= 15 is 0 Å². The largest absolute Gasteiger partial charge is 0.272 e. The number of carbonyl (C=O) groups excluding carboxylic acids is 1. The number of hydrazone groups is 1. The molecular formula is C17H24N2OS. The highest BCUT2D eigenvalue weighted by atomic mass is 32.1. The Balaban J connectivity index is 1.60. The summed E-state index contributed by atoms with van der Waals surface area (Å²) in [5, 5.41) is 6.30. The quantitative estimate of drug-likeness (QED) is 0.649. The first-order valence-electron chi connectivity index (χ1n) is 7.97. The first kappa shape index (κ1) is 14.8. The van der Waals surface area contributed by atoms with E-state index in [9.17, 15) is 4.79 Å². The van der Waals surface area contributed by atoms with Crippen LogP contribution in [-0.2, 0) is 0 Å². The molecule has 1 heterocycles. The van der Waals surface area contributed by atoms with Gasteiger partial charge in [-0.3, -0.25) is 4.79 Å². The summed E-state index contributed by atoms with van der Waals surface area (Å²) in [6.45, 7) is 6.36. The lowest BCUT2D eigenvalue weighted by molar-refractivity contribution is 0.0955. The maximum Gasteiger partial charge on any atom is 0.272 e. The first-order valence-corrected chi connectivity index (χ1v) is 8.85. The number of amides is 1. The van der Waals surface area contributed by atoms with Crippen LogP contribution in [0, 0.1) is 17.8 Å². The molecule has 1 aromatic rings. The molecule has 1 amide bonds. The molecule has 0 aromatic carbocycles. The van der Waals surface area contributed by atoms with Crippen molar-refractivity contribution in [2.24, 2.45) is 22.9 Å². The average Bonchev–Trinajstić information content (AvgIpc) is 3.18. The zero-order valence-electron chi connectivity index (χ0n) is 13.1. The number of fused-ring (bicyclic) bond motifs is 2. The van der Waals surface area contributed by atoms with Crippen molar-refractivity contribution in [3.8, 4) is 0 Å². The minimum absolute atomic E-state index is 0.0827. The van der Waals surface area contributed by atoms with Crippen LogP contribution in [0.2, 0.25) is 0 Å². The molecule has 3 rings (SSSR count). The molecule has 3 nitrogen and oxygen atoms in total. The van der Waals surface area contributed by atoms with Gasteiger partial charge in [-0.1, -0.05) is 20.3 Å². The van der Waals surface area contributed by atoms with Crippen LogP contribution in [0.1, 0.15) is 67.6 Å². The van der Waals surface area contributed by atoms with Crippen LogP contribution in [0.4, 0.5) is 0 Å². The number of carbonyl (C=O) groups is 1. The highest BCUT2D eigenvalue weighted by Gasteiger charge is 2.40. The Morgan fingerprint density at radius 1 is 1.38 bits per heavy atom. The molecule has 2 saturated carbocycles. The normalized spacial score (nSPS) is 28.4. The molecule has 0 unspecified atom stereocenters. The summed E-state index contributed by atoms with van der Waals surface area (Å²) in [4.78, 5) is 13.4.